The minimum atomic E-state index is -0.134. The molecule has 0 bridgehead atoms. The van der Waals surface area contributed by atoms with Crippen molar-refractivity contribution in [2.75, 3.05) is 5.32 Å². The lowest BCUT2D eigenvalue weighted by atomic mass is 10.1. The summed E-state index contributed by atoms with van der Waals surface area (Å²) in [4.78, 5) is 18.1. The number of aryl methyl sites for hydroxylation is 1. The number of nitrogens with zero attached hydrogens (tertiary/aromatic N) is 2. The first-order valence-corrected chi connectivity index (χ1v) is 9.40. The molecule has 1 amide bonds. The molecule has 0 unspecified atom stereocenters. The molecule has 0 aliphatic rings. The van der Waals surface area contributed by atoms with Crippen LogP contribution in [0.2, 0.25) is 0 Å². The van der Waals surface area contributed by atoms with E-state index in [1.807, 2.05) is 73.0 Å². The Morgan fingerprint density at radius 3 is 2.70 bits per heavy atom. The Morgan fingerprint density at radius 2 is 1.89 bits per heavy atom. The molecule has 0 aliphatic heterocycles. The van der Waals surface area contributed by atoms with Gasteiger partial charge in [-0.05, 0) is 41.6 Å². The van der Waals surface area contributed by atoms with Gasteiger partial charge in [0.1, 0.15) is 0 Å². The van der Waals surface area contributed by atoms with E-state index in [2.05, 4.69) is 15.5 Å². The van der Waals surface area contributed by atoms with E-state index in [1.54, 1.807) is 11.3 Å². The summed E-state index contributed by atoms with van der Waals surface area (Å²) in [5.74, 6) is 0.961. The number of hydrogen-bond donors (Lipinski definition) is 1. The van der Waals surface area contributed by atoms with Crippen molar-refractivity contribution < 1.29 is 9.32 Å². The summed E-state index contributed by atoms with van der Waals surface area (Å²) >= 11 is 1.56. The lowest BCUT2D eigenvalue weighted by molar-refractivity contribution is 0.102. The smallest absolute Gasteiger partial charge is 0.255 e. The molecule has 0 aliphatic carbocycles. The fraction of sp³-hybridized carbons (Fsp3) is 0.0952. The molecule has 0 atom stereocenters. The summed E-state index contributed by atoms with van der Waals surface area (Å²) < 4.78 is 5.39. The molecule has 6 heteroatoms. The van der Waals surface area contributed by atoms with Gasteiger partial charge in [-0.2, -0.15) is 4.98 Å². The van der Waals surface area contributed by atoms with E-state index in [0.29, 0.717) is 23.7 Å². The van der Waals surface area contributed by atoms with Crippen molar-refractivity contribution in [2.45, 2.75) is 13.3 Å². The van der Waals surface area contributed by atoms with Crippen LogP contribution in [0.25, 0.3) is 10.7 Å². The second kappa shape index (κ2) is 7.55. The van der Waals surface area contributed by atoms with E-state index in [1.165, 1.54) is 0 Å². The van der Waals surface area contributed by atoms with E-state index >= 15 is 0 Å². The highest BCUT2D eigenvalue weighted by Gasteiger charge is 2.14. The molecule has 4 aromatic rings. The molecule has 5 nitrogen and oxygen atoms in total. The van der Waals surface area contributed by atoms with Crippen molar-refractivity contribution in [3.8, 4) is 10.7 Å². The number of carbonyl (C=O) groups excluding carboxylic acids is 1. The minimum absolute atomic E-state index is 0.134. The number of nitrogens with one attached hydrogen (secondary N) is 1. The normalized spacial score (nSPS) is 10.7. The first-order valence-electron chi connectivity index (χ1n) is 8.52. The molecule has 2 aromatic heterocycles. The van der Waals surface area contributed by atoms with Gasteiger partial charge in [-0.3, -0.25) is 4.79 Å². The minimum Gasteiger partial charge on any atom is -0.339 e. The van der Waals surface area contributed by atoms with Gasteiger partial charge in [0.15, 0.2) is 0 Å². The zero-order chi connectivity index (χ0) is 18.6. The van der Waals surface area contributed by atoms with Crippen molar-refractivity contribution in [1.82, 2.24) is 10.1 Å². The third kappa shape index (κ3) is 3.80. The molecule has 4 rings (SSSR count). The topological polar surface area (TPSA) is 68.0 Å². The van der Waals surface area contributed by atoms with Gasteiger partial charge in [-0.15, -0.1) is 11.3 Å². The van der Waals surface area contributed by atoms with Crippen LogP contribution in [0.1, 0.15) is 27.4 Å². The maximum absolute atomic E-state index is 12.6. The molecule has 134 valence electrons. The van der Waals surface area contributed by atoms with Crippen LogP contribution < -0.4 is 5.32 Å². The Hall–Kier alpha value is -3.25. The van der Waals surface area contributed by atoms with Gasteiger partial charge in [0.05, 0.1) is 11.3 Å². The number of aromatic nitrogens is 2. The summed E-state index contributed by atoms with van der Waals surface area (Å²) in [6, 6.07) is 19.1. The molecule has 2 heterocycles. The van der Waals surface area contributed by atoms with Gasteiger partial charge in [0.25, 0.3) is 5.91 Å². The molecule has 0 saturated carbocycles. The number of amides is 1. The van der Waals surface area contributed by atoms with Crippen molar-refractivity contribution in [3.63, 3.8) is 0 Å². The predicted molar refractivity (Wildman–Crippen MR) is 106 cm³/mol. The number of para-hydroxylation sites is 1. The summed E-state index contributed by atoms with van der Waals surface area (Å²) in [5, 5.41) is 9.01. The second-order valence-electron chi connectivity index (χ2n) is 6.09. The lowest BCUT2D eigenvalue weighted by Crippen LogP contribution is -2.14. The molecule has 2 aromatic carbocycles. The molecular weight excluding hydrogens is 358 g/mol. The summed E-state index contributed by atoms with van der Waals surface area (Å²) in [7, 11) is 0. The Bertz CT molecular complexity index is 1070. The third-order valence-electron chi connectivity index (χ3n) is 4.21. The van der Waals surface area contributed by atoms with Gasteiger partial charge in [0.2, 0.25) is 11.7 Å². The highest BCUT2D eigenvalue weighted by atomic mass is 32.1. The second-order valence-corrected chi connectivity index (χ2v) is 7.04. The first kappa shape index (κ1) is 17.2. The first-order chi connectivity index (χ1) is 13.2. The quantitative estimate of drug-likeness (QED) is 0.536. The average Bonchev–Trinajstić information content (AvgIpc) is 3.35. The highest BCUT2D eigenvalue weighted by Crippen LogP contribution is 2.24. The van der Waals surface area contributed by atoms with Crippen LogP contribution in [0.3, 0.4) is 0 Å². The maximum Gasteiger partial charge on any atom is 0.255 e. The van der Waals surface area contributed by atoms with E-state index in [9.17, 15) is 4.79 Å². The van der Waals surface area contributed by atoms with E-state index in [-0.39, 0.29) is 5.91 Å². The number of thiophene rings is 1. The predicted octanol–water partition coefficient (Wildman–Crippen LogP) is 4.95. The summed E-state index contributed by atoms with van der Waals surface area (Å²) in [5.41, 5.74) is 3.25. The average molecular weight is 375 g/mol. The van der Waals surface area contributed by atoms with E-state index in [0.717, 1.165) is 21.7 Å². The lowest BCUT2D eigenvalue weighted by Gasteiger charge is -2.11. The Labute approximate surface area is 160 Å². The number of carbonyl (C=O) groups is 1. The van der Waals surface area contributed by atoms with Crippen LogP contribution in [0.5, 0.6) is 0 Å². The van der Waals surface area contributed by atoms with Crippen molar-refractivity contribution >= 4 is 22.9 Å². The Kier molecular flexibility index (Phi) is 4.80. The van der Waals surface area contributed by atoms with Gasteiger partial charge in [-0.1, -0.05) is 47.6 Å². The van der Waals surface area contributed by atoms with Crippen LogP contribution in [0.4, 0.5) is 5.69 Å². The fourth-order valence-corrected chi connectivity index (χ4v) is 3.46. The van der Waals surface area contributed by atoms with E-state index in [4.69, 9.17) is 4.52 Å². The van der Waals surface area contributed by atoms with E-state index < -0.39 is 0 Å². The fourth-order valence-electron chi connectivity index (χ4n) is 2.81. The van der Waals surface area contributed by atoms with Crippen molar-refractivity contribution in [1.29, 1.82) is 0 Å². The third-order valence-corrected chi connectivity index (χ3v) is 5.07. The SMILES string of the molecule is Cc1ccccc1C(=O)Nc1ccccc1Cc1nc(-c2cccs2)no1. The number of hydrogen-bond acceptors (Lipinski definition) is 5. The summed E-state index contributed by atoms with van der Waals surface area (Å²) in [6.45, 7) is 1.92. The zero-order valence-electron chi connectivity index (χ0n) is 14.7. The van der Waals surface area contributed by atoms with Crippen molar-refractivity contribution in [3.05, 3.63) is 88.6 Å². The van der Waals surface area contributed by atoms with Gasteiger partial charge < -0.3 is 9.84 Å². The Morgan fingerprint density at radius 1 is 1.07 bits per heavy atom. The number of benzene rings is 2. The molecular formula is C21H17N3O2S. The van der Waals surface area contributed by atoms with Crippen LogP contribution >= 0.6 is 11.3 Å². The number of rotatable bonds is 5. The standard InChI is InChI=1S/C21H17N3O2S/c1-14-7-2-4-9-16(14)21(25)22-17-10-5-3-8-15(17)13-19-23-20(24-26-19)18-11-6-12-27-18/h2-12H,13H2,1H3,(H,22,25). The molecule has 1 N–H and O–H groups in total. The van der Waals surface area contributed by atoms with Gasteiger partial charge in [0, 0.05) is 11.3 Å². The molecule has 0 spiro atoms. The summed E-state index contributed by atoms with van der Waals surface area (Å²) in [6.07, 6.45) is 0.447. The maximum atomic E-state index is 12.6. The molecule has 27 heavy (non-hydrogen) atoms. The van der Waals surface area contributed by atoms with Crippen LogP contribution in [-0.4, -0.2) is 16.0 Å². The Balaban J connectivity index is 1.55. The zero-order valence-corrected chi connectivity index (χ0v) is 15.5. The highest BCUT2D eigenvalue weighted by molar-refractivity contribution is 7.13. The molecule has 0 saturated heterocycles. The van der Waals surface area contributed by atoms with Crippen LogP contribution in [-0.2, 0) is 6.42 Å². The molecule has 0 radical (unpaired) electrons. The molecule has 0 fully saturated rings. The van der Waals surface area contributed by atoms with Crippen LogP contribution in [0.15, 0.2) is 70.6 Å². The number of anilines is 1. The van der Waals surface area contributed by atoms with Gasteiger partial charge >= 0.3 is 0 Å². The largest absolute Gasteiger partial charge is 0.339 e. The van der Waals surface area contributed by atoms with Crippen molar-refractivity contribution in [2.24, 2.45) is 0 Å². The monoisotopic (exact) mass is 375 g/mol. The van der Waals surface area contributed by atoms with Crippen LogP contribution in [0, 0.1) is 6.92 Å². The van der Waals surface area contributed by atoms with Gasteiger partial charge in [-0.25, -0.2) is 0 Å².